The first kappa shape index (κ1) is 11.3. The summed E-state index contributed by atoms with van der Waals surface area (Å²) in [5.41, 5.74) is 0. The van der Waals surface area contributed by atoms with E-state index < -0.39 is 0 Å². The number of rotatable bonds is 5. The van der Waals surface area contributed by atoms with E-state index in [0.29, 0.717) is 12.8 Å². The van der Waals surface area contributed by atoms with Crippen LogP contribution in [-0.4, -0.2) is 11.2 Å². The normalized spacial score (nSPS) is 11.5. The van der Waals surface area contributed by atoms with Crippen LogP contribution in [-0.2, 0) is 0 Å². The fourth-order valence-electron chi connectivity index (χ4n) is 0.819. The molecule has 1 heteroatoms. The molecule has 0 aliphatic rings. The highest BCUT2D eigenvalue weighted by atomic mass is 16.3. The Balaban J connectivity index is 3.35. The lowest BCUT2D eigenvalue weighted by Gasteiger charge is -1.99. The van der Waals surface area contributed by atoms with Gasteiger partial charge in [0.05, 0.1) is 6.10 Å². The smallest absolute Gasteiger partial charge is 0.0683 e. The Morgan fingerprint density at radius 3 is 2.83 bits per heavy atom. The highest BCUT2D eigenvalue weighted by Gasteiger charge is 1.95. The number of unbranched alkanes of at least 4 members (excludes halogenated alkanes) is 2. The van der Waals surface area contributed by atoms with Crippen LogP contribution in [0.2, 0.25) is 0 Å². The summed E-state index contributed by atoms with van der Waals surface area (Å²) in [7, 11) is 0. The Labute approximate surface area is 75.5 Å². The van der Waals surface area contributed by atoms with Gasteiger partial charge in [-0.25, -0.2) is 0 Å². The van der Waals surface area contributed by atoms with Gasteiger partial charge in [0, 0.05) is 12.8 Å². The van der Waals surface area contributed by atoms with E-state index in [1.165, 1.54) is 6.42 Å². The molecule has 0 saturated heterocycles. The molecule has 1 N–H and O–H groups in total. The van der Waals surface area contributed by atoms with Crippen LogP contribution in [0.25, 0.3) is 0 Å². The first-order valence-electron chi connectivity index (χ1n) is 4.56. The molecule has 0 bridgehead atoms. The van der Waals surface area contributed by atoms with Crippen LogP contribution >= 0.6 is 0 Å². The Kier molecular flexibility index (Phi) is 7.84. The van der Waals surface area contributed by atoms with Gasteiger partial charge >= 0.3 is 0 Å². The summed E-state index contributed by atoms with van der Waals surface area (Å²) in [6, 6.07) is 0. The molecule has 0 spiro atoms. The Morgan fingerprint density at radius 1 is 1.50 bits per heavy atom. The number of aliphatic hydroxyl groups is 1. The fourth-order valence-corrected chi connectivity index (χ4v) is 0.819. The van der Waals surface area contributed by atoms with Gasteiger partial charge in [-0.3, -0.25) is 0 Å². The van der Waals surface area contributed by atoms with Gasteiger partial charge in [0.2, 0.25) is 0 Å². The third-order valence-electron chi connectivity index (χ3n) is 1.56. The lowest BCUT2D eigenvalue weighted by molar-refractivity contribution is 0.184. The number of aliphatic hydroxyl groups excluding tert-OH is 1. The van der Waals surface area contributed by atoms with Crippen LogP contribution < -0.4 is 0 Å². The molecule has 0 fully saturated rings. The average Bonchev–Trinajstić information content (AvgIpc) is 2.05. The van der Waals surface area contributed by atoms with Crippen molar-refractivity contribution in [3.8, 4) is 11.8 Å². The summed E-state index contributed by atoms with van der Waals surface area (Å²) in [6.07, 6.45) is 5.92. The zero-order valence-electron chi connectivity index (χ0n) is 7.84. The maximum absolute atomic E-state index is 9.23. The van der Waals surface area contributed by atoms with E-state index in [1.807, 2.05) is 0 Å². The first-order valence-corrected chi connectivity index (χ1v) is 4.56. The van der Waals surface area contributed by atoms with Gasteiger partial charge in [-0.1, -0.05) is 19.4 Å². The molecule has 0 aromatic rings. The predicted molar refractivity (Wildman–Crippen MR) is 52.7 cm³/mol. The van der Waals surface area contributed by atoms with Crippen LogP contribution in [0.5, 0.6) is 0 Å². The highest BCUT2D eigenvalue weighted by Crippen LogP contribution is 1.97. The van der Waals surface area contributed by atoms with Crippen LogP contribution in [0.15, 0.2) is 12.7 Å². The van der Waals surface area contributed by atoms with Crippen molar-refractivity contribution in [1.29, 1.82) is 0 Å². The molecule has 0 saturated carbocycles. The van der Waals surface area contributed by atoms with Crippen molar-refractivity contribution in [2.45, 2.75) is 45.1 Å². The van der Waals surface area contributed by atoms with Gasteiger partial charge in [-0.05, 0) is 12.8 Å². The molecule has 12 heavy (non-hydrogen) atoms. The van der Waals surface area contributed by atoms with Gasteiger partial charge in [0.25, 0.3) is 0 Å². The van der Waals surface area contributed by atoms with Crippen molar-refractivity contribution >= 4 is 0 Å². The minimum absolute atomic E-state index is 0.323. The average molecular weight is 166 g/mol. The summed E-state index contributed by atoms with van der Waals surface area (Å²) in [5, 5.41) is 9.23. The highest BCUT2D eigenvalue weighted by molar-refractivity contribution is 5.00. The first-order chi connectivity index (χ1) is 5.81. The lowest BCUT2D eigenvalue weighted by Crippen LogP contribution is -2.02. The van der Waals surface area contributed by atoms with Gasteiger partial charge in [0.15, 0.2) is 0 Å². The third kappa shape index (κ3) is 7.37. The molecule has 1 atom stereocenters. The van der Waals surface area contributed by atoms with E-state index >= 15 is 0 Å². The van der Waals surface area contributed by atoms with Crippen molar-refractivity contribution in [3.63, 3.8) is 0 Å². The Hall–Kier alpha value is -0.740. The van der Waals surface area contributed by atoms with Crippen molar-refractivity contribution in [2.24, 2.45) is 0 Å². The molecule has 0 aromatic heterocycles. The van der Waals surface area contributed by atoms with Crippen LogP contribution in [0, 0.1) is 11.8 Å². The standard InChI is InChI=1S/C11H18O/c1-3-5-6-7-8-10-11(12)9-4-2/h4,11-12H,2-3,5-6,9-10H2,1H3. The van der Waals surface area contributed by atoms with E-state index in [-0.39, 0.29) is 6.10 Å². The van der Waals surface area contributed by atoms with Crippen LogP contribution in [0.4, 0.5) is 0 Å². The summed E-state index contributed by atoms with van der Waals surface area (Å²) in [4.78, 5) is 0. The molecule has 0 aliphatic heterocycles. The zero-order valence-corrected chi connectivity index (χ0v) is 7.84. The number of hydrogen-bond donors (Lipinski definition) is 1. The summed E-state index contributed by atoms with van der Waals surface area (Å²) >= 11 is 0. The Bertz CT molecular complexity index is 162. The maximum atomic E-state index is 9.23. The third-order valence-corrected chi connectivity index (χ3v) is 1.56. The zero-order chi connectivity index (χ0) is 9.23. The minimum Gasteiger partial charge on any atom is -0.392 e. The van der Waals surface area contributed by atoms with E-state index in [9.17, 15) is 5.11 Å². The van der Waals surface area contributed by atoms with E-state index in [1.54, 1.807) is 6.08 Å². The molecule has 0 aliphatic carbocycles. The molecular weight excluding hydrogens is 148 g/mol. The molecule has 0 aromatic carbocycles. The van der Waals surface area contributed by atoms with Crippen molar-refractivity contribution in [1.82, 2.24) is 0 Å². The van der Waals surface area contributed by atoms with Crippen LogP contribution in [0.1, 0.15) is 39.0 Å². The molecule has 0 rings (SSSR count). The minimum atomic E-state index is -0.323. The van der Waals surface area contributed by atoms with Gasteiger partial charge in [0.1, 0.15) is 0 Å². The molecular formula is C11H18O. The lowest BCUT2D eigenvalue weighted by atomic mass is 10.2. The summed E-state index contributed by atoms with van der Waals surface area (Å²) in [6.45, 7) is 5.70. The van der Waals surface area contributed by atoms with Crippen molar-refractivity contribution < 1.29 is 5.11 Å². The second-order valence-corrected chi connectivity index (χ2v) is 2.84. The van der Waals surface area contributed by atoms with Gasteiger partial charge in [-0.2, -0.15) is 0 Å². The van der Waals surface area contributed by atoms with Crippen molar-refractivity contribution in [2.75, 3.05) is 0 Å². The SMILES string of the molecule is C=CCC(O)CC#CCCCC. The molecule has 68 valence electrons. The van der Waals surface area contributed by atoms with E-state index in [0.717, 1.165) is 12.8 Å². The quantitative estimate of drug-likeness (QED) is 0.378. The molecule has 0 amide bonds. The van der Waals surface area contributed by atoms with Crippen LogP contribution in [0.3, 0.4) is 0 Å². The van der Waals surface area contributed by atoms with Gasteiger partial charge < -0.3 is 5.11 Å². The maximum Gasteiger partial charge on any atom is 0.0683 e. The molecule has 1 nitrogen and oxygen atoms in total. The van der Waals surface area contributed by atoms with Crippen molar-refractivity contribution in [3.05, 3.63) is 12.7 Å². The van der Waals surface area contributed by atoms with E-state index in [2.05, 4.69) is 25.3 Å². The fraction of sp³-hybridized carbons (Fsp3) is 0.636. The monoisotopic (exact) mass is 166 g/mol. The predicted octanol–water partition coefficient (Wildman–Crippen LogP) is 2.51. The topological polar surface area (TPSA) is 20.2 Å². The van der Waals surface area contributed by atoms with Gasteiger partial charge in [-0.15, -0.1) is 18.4 Å². The second-order valence-electron chi connectivity index (χ2n) is 2.84. The molecule has 1 unspecified atom stereocenters. The molecule has 0 heterocycles. The second kappa shape index (κ2) is 8.36. The van der Waals surface area contributed by atoms with E-state index in [4.69, 9.17) is 0 Å². The summed E-state index contributed by atoms with van der Waals surface area (Å²) < 4.78 is 0. The largest absolute Gasteiger partial charge is 0.392 e. The Morgan fingerprint density at radius 2 is 2.25 bits per heavy atom. The number of hydrogen-bond acceptors (Lipinski definition) is 1. The molecule has 0 radical (unpaired) electrons. The summed E-state index contributed by atoms with van der Waals surface area (Å²) in [5.74, 6) is 5.99.